The van der Waals surface area contributed by atoms with E-state index in [1.807, 2.05) is 17.5 Å². The Morgan fingerprint density at radius 3 is 2.65 bits per heavy atom. The van der Waals surface area contributed by atoms with E-state index in [0.29, 0.717) is 6.54 Å². The molecule has 1 fully saturated rings. The third kappa shape index (κ3) is 2.58. The molecule has 3 rings (SSSR count). The zero-order chi connectivity index (χ0) is 16.8. The fourth-order valence-electron chi connectivity index (χ4n) is 2.87. The first-order chi connectivity index (χ1) is 10.8. The summed E-state index contributed by atoms with van der Waals surface area (Å²) in [5, 5.41) is 1.91. The van der Waals surface area contributed by atoms with E-state index in [1.54, 1.807) is 0 Å². The highest BCUT2D eigenvalue weighted by Crippen LogP contribution is 2.37. The molecule has 1 unspecified atom stereocenters. The van der Waals surface area contributed by atoms with Crippen LogP contribution in [0, 0.1) is 0 Å². The molecule has 0 bridgehead atoms. The zero-order valence-electron chi connectivity index (χ0n) is 12.8. The third-order valence-corrected chi connectivity index (χ3v) is 6.94. The minimum Gasteiger partial charge on any atom is -0.302 e. The maximum Gasteiger partial charge on any atom is 0.330 e. The Bertz CT molecular complexity index is 941. The van der Waals surface area contributed by atoms with Crippen molar-refractivity contribution in [2.75, 3.05) is 6.54 Å². The Hall–Kier alpha value is -1.71. The minimum absolute atomic E-state index is 0.248. The molecule has 23 heavy (non-hydrogen) atoms. The fourth-order valence-corrected chi connectivity index (χ4v) is 5.64. The van der Waals surface area contributed by atoms with Gasteiger partial charge in [-0.3, -0.25) is 9.36 Å². The van der Waals surface area contributed by atoms with Gasteiger partial charge in [-0.15, -0.1) is 11.3 Å². The minimum atomic E-state index is -3.96. The standard InChI is InChI=1S/C14H17N3O4S2/c1-15-9-12(13(18)16(2)14(15)19)23(20,21)17-7-3-5-10(17)11-6-4-8-22-11/h4,6,8-10H,3,5,7H2,1-2H3. The molecule has 0 saturated carbocycles. The maximum absolute atomic E-state index is 13.0. The number of hydrogen-bond donors (Lipinski definition) is 0. The molecule has 0 N–H and O–H groups in total. The maximum atomic E-state index is 13.0. The summed E-state index contributed by atoms with van der Waals surface area (Å²) in [6, 6.07) is 3.54. The van der Waals surface area contributed by atoms with Crippen molar-refractivity contribution in [2.45, 2.75) is 23.8 Å². The Labute approximate surface area is 137 Å². The van der Waals surface area contributed by atoms with E-state index in [0.717, 1.165) is 33.0 Å². The van der Waals surface area contributed by atoms with Crippen molar-refractivity contribution in [3.05, 3.63) is 49.4 Å². The Morgan fingerprint density at radius 2 is 2.00 bits per heavy atom. The lowest BCUT2D eigenvalue weighted by atomic mass is 10.2. The molecule has 1 saturated heterocycles. The van der Waals surface area contributed by atoms with E-state index >= 15 is 0 Å². The number of hydrogen-bond acceptors (Lipinski definition) is 5. The second-order valence-corrected chi connectivity index (χ2v) is 8.38. The molecule has 1 aliphatic heterocycles. The molecule has 9 heteroatoms. The topological polar surface area (TPSA) is 81.4 Å². The molecule has 0 aromatic carbocycles. The summed E-state index contributed by atoms with van der Waals surface area (Å²) in [5.41, 5.74) is -1.34. The molecule has 124 valence electrons. The molecule has 0 amide bonds. The normalized spacial score (nSPS) is 19.3. The largest absolute Gasteiger partial charge is 0.330 e. The predicted molar refractivity (Wildman–Crippen MR) is 87.1 cm³/mol. The lowest BCUT2D eigenvalue weighted by Gasteiger charge is -2.23. The Balaban J connectivity index is 2.13. The van der Waals surface area contributed by atoms with Crippen LogP contribution in [0.4, 0.5) is 0 Å². The number of sulfonamides is 1. The van der Waals surface area contributed by atoms with Gasteiger partial charge in [0.15, 0.2) is 4.90 Å². The van der Waals surface area contributed by atoms with Gasteiger partial charge in [0.25, 0.3) is 15.6 Å². The van der Waals surface area contributed by atoms with Gasteiger partial charge < -0.3 is 4.57 Å². The van der Waals surface area contributed by atoms with Crippen LogP contribution in [0.2, 0.25) is 0 Å². The molecule has 7 nitrogen and oxygen atoms in total. The van der Waals surface area contributed by atoms with E-state index in [2.05, 4.69) is 0 Å². The highest BCUT2D eigenvalue weighted by molar-refractivity contribution is 7.89. The molecule has 0 radical (unpaired) electrons. The molecule has 0 aliphatic carbocycles. The van der Waals surface area contributed by atoms with E-state index in [4.69, 9.17) is 0 Å². The number of aromatic nitrogens is 2. The molecule has 3 heterocycles. The molecule has 1 aliphatic rings. The first kappa shape index (κ1) is 16.2. The predicted octanol–water partition coefficient (Wildman–Crippen LogP) is 0.671. The van der Waals surface area contributed by atoms with Crippen molar-refractivity contribution in [1.82, 2.24) is 13.4 Å². The summed E-state index contributed by atoms with van der Waals surface area (Å²) in [7, 11) is -1.25. The van der Waals surface area contributed by atoms with Crippen LogP contribution in [-0.4, -0.2) is 28.4 Å². The highest BCUT2D eigenvalue weighted by Gasteiger charge is 2.38. The summed E-state index contributed by atoms with van der Waals surface area (Å²) in [5.74, 6) is 0. The van der Waals surface area contributed by atoms with Crippen LogP contribution in [0.1, 0.15) is 23.8 Å². The van der Waals surface area contributed by atoms with E-state index in [1.165, 1.54) is 29.7 Å². The molecular formula is C14H17N3O4S2. The molecule has 2 aromatic heterocycles. The van der Waals surface area contributed by atoms with Crippen LogP contribution in [-0.2, 0) is 24.1 Å². The van der Waals surface area contributed by atoms with Gasteiger partial charge in [0.1, 0.15) is 0 Å². The van der Waals surface area contributed by atoms with Gasteiger partial charge in [-0.1, -0.05) is 6.07 Å². The molecular weight excluding hydrogens is 338 g/mol. The van der Waals surface area contributed by atoms with Crippen LogP contribution < -0.4 is 11.2 Å². The van der Waals surface area contributed by atoms with Crippen molar-refractivity contribution < 1.29 is 8.42 Å². The monoisotopic (exact) mass is 355 g/mol. The Morgan fingerprint density at radius 1 is 1.26 bits per heavy atom. The van der Waals surface area contributed by atoms with Crippen LogP contribution in [0.3, 0.4) is 0 Å². The number of nitrogens with zero attached hydrogens (tertiary/aromatic N) is 3. The smallest absolute Gasteiger partial charge is 0.302 e. The summed E-state index contributed by atoms with van der Waals surface area (Å²) in [6.45, 7) is 0.372. The van der Waals surface area contributed by atoms with Gasteiger partial charge in [0, 0.05) is 31.7 Å². The van der Waals surface area contributed by atoms with Crippen LogP contribution in [0.25, 0.3) is 0 Å². The first-order valence-electron chi connectivity index (χ1n) is 7.16. The summed E-state index contributed by atoms with van der Waals surface area (Å²) in [4.78, 5) is 24.7. The van der Waals surface area contributed by atoms with E-state index < -0.39 is 21.3 Å². The highest BCUT2D eigenvalue weighted by atomic mass is 32.2. The Kier molecular flexibility index (Phi) is 4.03. The molecule has 2 aromatic rings. The third-order valence-electron chi connectivity index (χ3n) is 4.08. The average molecular weight is 355 g/mol. The summed E-state index contributed by atoms with van der Waals surface area (Å²) >= 11 is 1.50. The lowest BCUT2D eigenvalue weighted by molar-refractivity contribution is 0.399. The fraction of sp³-hybridized carbons (Fsp3) is 0.429. The van der Waals surface area contributed by atoms with Gasteiger partial charge >= 0.3 is 5.69 Å². The van der Waals surface area contributed by atoms with Gasteiger partial charge in [-0.05, 0) is 24.3 Å². The number of aryl methyl sites for hydroxylation is 1. The second-order valence-electron chi connectivity index (χ2n) is 5.54. The molecule has 0 spiro atoms. The van der Waals surface area contributed by atoms with Crippen molar-refractivity contribution >= 4 is 21.4 Å². The van der Waals surface area contributed by atoms with Gasteiger partial charge in [0.2, 0.25) is 0 Å². The number of rotatable bonds is 3. The van der Waals surface area contributed by atoms with Gasteiger partial charge in [0.05, 0.1) is 6.04 Å². The van der Waals surface area contributed by atoms with Gasteiger partial charge in [-0.2, -0.15) is 4.31 Å². The second kappa shape index (κ2) is 5.73. The van der Waals surface area contributed by atoms with Crippen molar-refractivity contribution in [3.8, 4) is 0 Å². The zero-order valence-corrected chi connectivity index (χ0v) is 14.4. The first-order valence-corrected chi connectivity index (χ1v) is 9.48. The molecule has 1 atom stereocenters. The van der Waals surface area contributed by atoms with Crippen molar-refractivity contribution in [1.29, 1.82) is 0 Å². The summed E-state index contributed by atoms with van der Waals surface area (Å²) in [6.07, 6.45) is 2.59. The number of thiophene rings is 1. The van der Waals surface area contributed by atoms with Crippen LogP contribution >= 0.6 is 11.3 Å². The summed E-state index contributed by atoms with van der Waals surface area (Å²) < 4.78 is 29.3. The quantitative estimate of drug-likeness (QED) is 0.810. The van der Waals surface area contributed by atoms with Crippen molar-refractivity contribution in [2.24, 2.45) is 14.1 Å². The van der Waals surface area contributed by atoms with Crippen molar-refractivity contribution in [3.63, 3.8) is 0 Å². The lowest BCUT2D eigenvalue weighted by Crippen LogP contribution is -2.42. The van der Waals surface area contributed by atoms with Gasteiger partial charge in [-0.25, -0.2) is 13.2 Å². The van der Waals surface area contributed by atoms with Crippen LogP contribution in [0.15, 0.2) is 38.2 Å². The SMILES string of the molecule is Cn1cc(S(=O)(=O)N2CCCC2c2cccs2)c(=O)n(C)c1=O. The van der Waals surface area contributed by atoms with E-state index in [9.17, 15) is 18.0 Å². The van der Waals surface area contributed by atoms with E-state index in [-0.39, 0.29) is 10.9 Å². The average Bonchev–Trinajstić information content (AvgIpc) is 3.18. The van der Waals surface area contributed by atoms with Crippen LogP contribution in [0.5, 0.6) is 0 Å².